The minimum atomic E-state index is 0.847. The van der Waals surface area contributed by atoms with Crippen molar-refractivity contribution in [1.29, 1.82) is 0 Å². The van der Waals surface area contributed by atoms with Gasteiger partial charge in [-0.3, -0.25) is 0 Å². The fourth-order valence-electron chi connectivity index (χ4n) is 2.71. The molecule has 98 valence electrons. The Bertz CT molecular complexity index is 604. The van der Waals surface area contributed by atoms with Crippen molar-refractivity contribution in [2.75, 3.05) is 5.73 Å². The summed E-state index contributed by atoms with van der Waals surface area (Å²) in [6, 6.07) is 13.1. The molecule has 19 heavy (non-hydrogen) atoms. The summed E-state index contributed by atoms with van der Waals surface area (Å²) >= 11 is 1.90. The molecule has 2 heteroatoms. The second kappa shape index (κ2) is 5.30. The number of benzene rings is 2. The summed E-state index contributed by atoms with van der Waals surface area (Å²) in [5.41, 5.74) is 12.5. The third-order valence-corrected chi connectivity index (χ3v) is 5.00. The third-order valence-electron chi connectivity index (χ3n) is 3.76. The summed E-state index contributed by atoms with van der Waals surface area (Å²) in [5.74, 6) is 1.04. The van der Waals surface area contributed by atoms with Crippen LogP contribution in [0.25, 0.3) is 0 Å². The van der Waals surface area contributed by atoms with Crippen molar-refractivity contribution >= 4 is 17.4 Å². The first kappa shape index (κ1) is 12.6. The van der Waals surface area contributed by atoms with Gasteiger partial charge in [-0.15, -0.1) is 11.8 Å². The van der Waals surface area contributed by atoms with Crippen LogP contribution in [-0.2, 0) is 18.6 Å². The van der Waals surface area contributed by atoms with E-state index in [0.717, 1.165) is 11.4 Å². The van der Waals surface area contributed by atoms with Crippen LogP contribution in [-0.4, -0.2) is 0 Å². The first-order chi connectivity index (χ1) is 9.22. The highest BCUT2D eigenvalue weighted by Crippen LogP contribution is 2.29. The van der Waals surface area contributed by atoms with Gasteiger partial charge in [0.15, 0.2) is 0 Å². The molecule has 1 aliphatic rings. The summed E-state index contributed by atoms with van der Waals surface area (Å²) < 4.78 is 0. The number of hydrogen-bond acceptors (Lipinski definition) is 2. The van der Waals surface area contributed by atoms with E-state index >= 15 is 0 Å². The van der Waals surface area contributed by atoms with E-state index in [0.29, 0.717) is 0 Å². The highest BCUT2D eigenvalue weighted by Gasteiger charge is 2.10. The van der Waals surface area contributed by atoms with E-state index in [4.69, 9.17) is 5.73 Å². The van der Waals surface area contributed by atoms with Gasteiger partial charge in [-0.2, -0.15) is 0 Å². The molecular weight excluding hydrogens is 250 g/mol. The smallest absolute Gasteiger partial charge is 0.0317 e. The standard InChI is InChI=1S/C17H19NS/c1-12-9-16(18)7-8-17(12)19-11-13-5-6-14-3-2-4-15(14)10-13/h5-10H,2-4,11,18H2,1H3. The Hall–Kier alpha value is -1.41. The van der Waals surface area contributed by atoms with Gasteiger partial charge in [0.2, 0.25) is 0 Å². The summed E-state index contributed by atoms with van der Waals surface area (Å²) in [5, 5.41) is 0. The minimum absolute atomic E-state index is 0.847. The van der Waals surface area contributed by atoms with Crippen LogP contribution in [0.4, 0.5) is 5.69 Å². The molecule has 0 amide bonds. The van der Waals surface area contributed by atoms with Crippen molar-refractivity contribution < 1.29 is 0 Å². The predicted octanol–water partition coefficient (Wildman–Crippen LogP) is 4.36. The Morgan fingerprint density at radius 3 is 2.74 bits per heavy atom. The SMILES string of the molecule is Cc1cc(N)ccc1SCc1ccc2c(c1)CCC2. The van der Waals surface area contributed by atoms with Crippen molar-refractivity contribution in [3.63, 3.8) is 0 Å². The Morgan fingerprint density at radius 2 is 1.89 bits per heavy atom. The van der Waals surface area contributed by atoms with Gasteiger partial charge in [-0.05, 0) is 66.6 Å². The maximum atomic E-state index is 5.79. The second-order valence-corrected chi connectivity index (χ2v) is 6.29. The predicted molar refractivity (Wildman–Crippen MR) is 83.6 cm³/mol. The fraction of sp³-hybridized carbons (Fsp3) is 0.294. The number of aryl methyl sites for hydroxylation is 3. The topological polar surface area (TPSA) is 26.0 Å². The van der Waals surface area contributed by atoms with E-state index in [1.54, 1.807) is 11.1 Å². The summed E-state index contributed by atoms with van der Waals surface area (Å²) in [6.45, 7) is 2.13. The molecule has 2 aromatic rings. The molecule has 0 bridgehead atoms. The lowest BCUT2D eigenvalue weighted by Gasteiger charge is -2.08. The molecule has 3 rings (SSSR count). The van der Waals surface area contributed by atoms with Crippen LogP contribution >= 0.6 is 11.8 Å². The second-order valence-electron chi connectivity index (χ2n) is 5.27. The van der Waals surface area contributed by atoms with E-state index in [1.807, 2.05) is 23.9 Å². The van der Waals surface area contributed by atoms with Crippen LogP contribution < -0.4 is 5.73 Å². The monoisotopic (exact) mass is 269 g/mol. The lowest BCUT2D eigenvalue weighted by atomic mass is 10.1. The highest BCUT2D eigenvalue weighted by molar-refractivity contribution is 7.98. The number of fused-ring (bicyclic) bond motifs is 1. The zero-order valence-corrected chi connectivity index (χ0v) is 12.1. The average Bonchev–Trinajstić information content (AvgIpc) is 2.85. The van der Waals surface area contributed by atoms with Gasteiger partial charge in [0.25, 0.3) is 0 Å². The van der Waals surface area contributed by atoms with E-state index in [2.05, 4.69) is 31.2 Å². The van der Waals surface area contributed by atoms with E-state index in [1.165, 1.54) is 35.3 Å². The van der Waals surface area contributed by atoms with Gasteiger partial charge < -0.3 is 5.73 Å². The van der Waals surface area contributed by atoms with Gasteiger partial charge in [-0.25, -0.2) is 0 Å². The molecule has 0 fully saturated rings. The molecule has 0 atom stereocenters. The van der Waals surface area contributed by atoms with Crippen LogP contribution in [0.5, 0.6) is 0 Å². The molecule has 0 saturated carbocycles. The largest absolute Gasteiger partial charge is 0.399 e. The molecule has 1 aliphatic carbocycles. The van der Waals surface area contributed by atoms with Gasteiger partial charge in [0.05, 0.1) is 0 Å². The van der Waals surface area contributed by atoms with Crippen LogP contribution in [0, 0.1) is 6.92 Å². The van der Waals surface area contributed by atoms with E-state index in [-0.39, 0.29) is 0 Å². The molecule has 0 saturated heterocycles. The molecule has 0 radical (unpaired) electrons. The van der Waals surface area contributed by atoms with Crippen LogP contribution in [0.2, 0.25) is 0 Å². The lowest BCUT2D eigenvalue weighted by Crippen LogP contribution is -1.89. The van der Waals surface area contributed by atoms with Gasteiger partial charge in [-0.1, -0.05) is 18.2 Å². The average molecular weight is 269 g/mol. The Kier molecular flexibility index (Phi) is 3.52. The first-order valence-corrected chi connectivity index (χ1v) is 7.80. The maximum absolute atomic E-state index is 5.79. The maximum Gasteiger partial charge on any atom is 0.0317 e. The molecule has 0 aliphatic heterocycles. The number of anilines is 1. The molecule has 0 spiro atoms. The molecule has 2 N–H and O–H groups in total. The zero-order chi connectivity index (χ0) is 13.2. The number of rotatable bonds is 3. The first-order valence-electron chi connectivity index (χ1n) is 6.82. The van der Waals surface area contributed by atoms with Crippen molar-refractivity contribution in [2.24, 2.45) is 0 Å². The molecule has 2 aromatic carbocycles. The molecule has 0 aromatic heterocycles. The van der Waals surface area contributed by atoms with Crippen LogP contribution in [0.3, 0.4) is 0 Å². The van der Waals surface area contributed by atoms with Gasteiger partial charge in [0, 0.05) is 16.3 Å². The third kappa shape index (κ3) is 2.79. The molecule has 1 nitrogen and oxygen atoms in total. The molecule has 0 unspecified atom stereocenters. The number of thioether (sulfide) groups is 1. The zero-order valence-electron chi connectivity index (χ0n) is 11.3. The van der Waals surface area contributed by atoms with E-state index in [9.17, 15) is 0 Å². The number of nitrogen functional groups attached to an aromatic ring is 1. The number of nitrogens with two attached hydrogens (primary N) is 1. The Labute approximate surface area is 119 Å². The number of hydrogen-bond donors (Lipinski definition) is 1. The van der Waals surface area contributed by atoms with Crippen molar-refractivity contribution in [1.82, 2.24) is 0 Å². The Morgan fingerprint density at radius 1 is 1.05 bits per heavy atom. The fourth-order valence-corrected chi connectivity index (χ4v) is 3.66. The highest BCUT2D eigenvalue weighted by atomic mass is 32.2. The van der Waals surface area contributed by atoms with Gasteiger partial charge >= 0.3 is 0 Å². The van der Waals surface area contributed by atoms with Crippen molar-refractivity contribution in [2.45, 2.75) is 36.8 Å². The van der Waals surface area contributed by atoms with Crippen molar-refractivity contribution in [3.8, 4) is 0 Å². The van der Waals surface area contributed by atoms with Gasteiger partial charge in [0.1, 0.15) is 0 Å². The van der Waals surface area contributed by atoms with Crippen LogP contribution in [0.1, 0.15) is 28.7 Å². The molecular formula is C17H19NS. The summed E-state index contributed by atoms with van der Waals surface area (Å²) in [7, 11) is 0. The van der Waals surface area contributed by atoms with Crippen molar-refractivity contribution in [3.05, 3.63) is 58.7 Å². The normalized spacial score (nSPS) is 13.5. The lowest BCUT2D eigenvalue weighted by molar-refractivity contribution is 0.911. The van der Waals surface area contributed by atoms with E-state index < -0.39 is 0 Å². The molecule has 0 heterocycles. The minimum Gasteiger partial charge on any atom is -0.399 e. The Balaban J connectivity index is 1.72. The van der Waals surface area contributed by atoms with Crippen LogP contribution in [0.15, 0.2) is 41.3 Å². The summed E-state index contributed by atoms with van der Waals surface area (Å²) in [4.78, 5) is 1.33. The quantitative estimate of drug-likeness (QED) is 0.662. The summed E-state index contributed by atoms with van der Waals surface area (Å²) in [6.07, 6.45) is 3.84.